The molecular weight excluding hydrogens is 170 g/mol. The van der Waals surface area contributed by atoms with Gasteiger partial charge in [0.25, 0.3) is 0 Å². The van der Waals surface area contributed by atoms with E-state index in [9.17, 15) is 5.11 Å². The number of aliphatic hydroxyl groups is 1. The van der Waals surface area contributed by atoms with Crippen LogP contribution >= 0.6 is 11.3 Å². The lowest BCUT2D eigenvalue weighted by Crippen LogP contribution is -2.16. The van der Waals surface area contributed by atoms with Gasteiger partial charge in [-0.05, 0) is 23.9 Å². The predicted molar refractivity (Wildman–Crippen MR) is 50.7 cm³/mol. The molecule has 1 aliphatic rings. The SMILES string of the molecule is Cc1sccc1C1CNCC1O. The second-order valence-corrected chi connectivity index (χ2v) is 4.38. The molecule has 2 atom stereocenters. The van der Waals surface area contributed by atoms with Gasteiger partial charge in [-0.25, -0.2) is 0 Å². The number of hydrogen-bond acceptors (Lipinski definition) is 3. The van der Waals surface area contributed by atoms with Gasteiger partial charge in [-0.1, -0.05) is 0 Å². The number of thiophene rings is 1. The molecule has 0 spiro atoms. The van der Waals surface area contributed by atoms with Crippen LogP contribution in [0.25, 0.3) is 0 Å². The average molecular weight is 183 g/mol. The van der Waals surface area contributed by atoms with Gasteiger partial charge in [0.15, 0.2) is 0 Å². The minimum absolute atomic E-state index is 0.196. The van der Waals surface area contributed by atoms with Crippen LogP contribution in [0.4, 0.5) is 0 Å². The van der Waals surface area contributed by atoms with Gasteiger partial charge in [0, 0.05) is 23.9 Å². The molecule has 3 heteroatoms. The molecule has 12 heavy (non-hydrogen) atoms. The first kappa shape index (κ1) is 8.23. The van der Waals surface area contributed by atoms with Gasteiger partial charge in [-0.2, -0.15) is 0 Å². The summed E-state index contributed by atoms with van der Waals surface area (Å²) in [5, 5.41) is 14.9. The van der Waals surface area contributed by atoms with Crippen LogP contribution in [0.1, 0.15) is 16.4 Å². The van der Waals surface area contributed by atoms with E-state index in [-0.39, 0.29) is 6.10 Å². The molecule has 66 valence electrons. The highest BCUT2D eigenvalue weighted by Crippen LogP contribution is 2.28. The molecule has 0 aliphatic carbocycles. The fourth-order valence-corrected chi connectivity index (χ4v) is 2.54. The summed E-state index contributed by atoms with van der Waals surface area (Å²) >= 11 is 1.75. The minimum Gasteiger partial charge on any atom is -0.391 e. The Balaban J connectivity index is 2.24. The number of aryl methyl sites for hydroxylation is 1. The maximum Gasteiger partial charge on any atom is 0.0745 e. The van der Waals surface area contributed by atoms with Crippen molar-refractivity contribution in [1.82, 2.24) is 5.32 Å². The Labute approximate surface area is 76.2 Å². The summed E-state index contributed by atoms with van der Waals surface area (Å²) in [5.74, 6) is 0.316. The molecule has 0 bridgehead atoms. The maximum absolute atomic E-state index is 9.63. The highest BCUT2D eigenvalue weighted by molar-refractivity contribution is 7.10. The molecular formula is C9H13NOS. The molecule has 0 aromatic carbocycles. The van der Waals surface area contributed by atoms with Crippen LogP contribution in [-0.4, -0.2) is 24.3 Å². The summed E-state index contributed by atoms with van der Waals surface area (Å²) < 4.78 is 0. The number of aliphatic hydroxyl groups excluding tert-OH is 1. The van der Waals surface area contributed by atoms with Gasteiger partial charge in [-0.3, -0.25) is 0 Å². The Morgan fingerprint density at radius 2 is 2.42 bits per heavy atom. The molecule has 2 rings (SSSR count). The summed E-state index contributed by atoms with van der Waals surface area (Å²) in [6, 6.07) is 2.13. The lowest BCUT2D eigenvalue weighted by atomic mass is 9.97. The topological polar surface area (TPSA) is 32.3 Å². The highest BCUT2D eigenvalue weighted by atomic mass is 32.1. The summed E-state index contributed by atoms with van der Waals surface area (Å²) in [7, 11) is 0. The van der Waals surface area contributed by atoms with Crippen LogP contribution < -0.4 is 5.32 Å². The molecule has 0 amide bonds. The minimum atomic E-state index is -0.196. The summed E-state index contributed by atoms with van der Waals surface area (Å²) in [6.07, 6.45) is -0.196. The van der Waals surface area contributed by atoms with Crippen LogP contribution in [0.15, 0.2) is 11.4 Å². The molecule has 1 saturated heterocycles. The van der Waals surface area contributed by atoms with Crippen LogP contribution in [0.3, 0.4) is 0 Å². The van der Waals surface area contributed by atoms with Crippen molar-refractivity contribution >= 4 is 11.3 Å². The molecule has 1 aliphatic heterocycles. The third-order valence-electron chi connectivity index (χ3n) is 2.48. The number of hydrogen-bond donors (Lipinski definition) is 2. The van der Waals surface area contributed by atoms with Crippen molar-refractivity contribution in [2.45, 2.75) is 18.9 Å². The summed E-state index contributed by atoms with van der Waals surface area (Å²) in [5.41, 5.74) is 1.32. The second-order valence-electron chi connectivity index (χ2n) is 3.26. The highest BCUT2D eigenvalue weighted by Gasteiger charge is 2.27. The van der Waals surface area contributed by atoms with Crippen molar-refractivity contribution in [2.24, 2.45) is 0 Å². The van der Waals surface area contributed by atoms with E-state index in [0.29, 0.717) is 5.92 Å². The van der Waals surface area contributed by atoms with Crippen LogP contribution in [0.5, 0.6) is 0 Å². The Morgan fingerprint density at radius 1 is 1.58 bits per heavy atom. The molecule has 1 aromatic heterocycles. The van der Waals surface area contributed by atoms with Crippen molar-refractivity contribution in [3.8, 4) is 0 Å². The van der Waals surface area contributed by atoms with E-state index in [2.05, 4.69) is 23.7 Å². The molecule has 2 nitrogen and oxygen atoms in total. The van der Waals surface area contributed by atoms with Crippen LogP contribution in [0.2, 0.25) is 0 Å². The lowest BCUT2D eigenvalue weighted by molar-refractivity contribution is 0.177. The van der Waals surface area contributed by atoms with Gasteiger partial charge in [0.2, 0.25) is 0 Å². The second kappa shape index (κ2) is 3.17. The molecule has 0 radical (unpaired) electrons. The van der Waals surface area contributed by atoms with Crippen molar-refractivity contribution in [3.05, 3.63) is 21.9 Å². The first-order valence-electron chi connectivity index (χ1n) is 4.22. The zero-order valence-corrected chi connectivity index (χ0v) is 7.90. The quantitative estimate of drug-likeness (QED) is 0.683. The first-order valence-corrected chi connectivity index (χ1v) is 5.10. The Kier molecular flexibility index (Phi) is 2.17. The largest absolute Gasteiger partial charge is 0.391 e. The van der Waals surface area contributed by atoms with Gasteiger partial charge >= 0.3 is 0 Å². The standard InChI is InChI=1S/C9H13NOS/c1-6-7(2-3-12-6)8-4-10-5-9(8)11/h2-3,8-11H,4-5H2,1H3. The molecule has 2 N–H and O–H groups in total. The van der Waals surface area contributed by atoms with Crippen LogP contribution in [0, 0.1) is 6.92 Å². The smallest absolute Gasteiger partial charge is 0.0745 e. The van der Waals surface area contributed by atoms with Gasteiger partial charge in [0.05, 0.1) is 6.10 Å². The maximum atomic E-state index is 9.63. The van der Waals surface area contributed by atoms with E-state index in [4.69, 9.17) is 0 Å². The third-order valence-corrected chi connectivity index (χ3v) is 3.34. The van der Waals surface area contributed by atoms with E-state index >= 15 is 0 Å². The van der Waals surface area contributed by atoms with E-state index in [1.165, 1.54) is 10.4 Å². The van der Waals surface area contributed by atoms with Crippen LogP contribution in [-0.2, 0) is 0 Å². The Morgan fingerprint density at radius 3 is 2.92 bits per heavy atom. The van der Waals surface area contributed by atoms with E-state index in [1.54, 1.807) is 11.3 Å². The van der Waals surface area contributed by atoms with E-state index in [1.807, 2.05) is 0 Å². The van der Waals surface area contributed by atoms with Gasteiger partial charge in [0.1, 0.15) is 0 Å². The molecule has 2 heterocycles. The van der Waals surface area contributed by atoms with Crippen molar-refractivity contribution < 1.29 is 5.11 Å². The predicted octanol–water partition coefficient (Wildman–Crippen LogP) is 1.10. The summed E-state index contributed by atoms with van der Waals surface area (Å²) in [6.45, 7) is 3.77. The van der Waals surface area contributed by atoms with Crippen molar-refractivity contribution in [2.75, 3.05) is 13.1 Å². The fourth-order valence-electron chi connectivity index (χ4n) is 1.76. The monoisotopic (exact) mass is 183 g/mol. The average Bonchev–Trinajstić information content (AvgIpc) is 2.59. The van der Waals surface area contributed by atoms with Gasteiger partial charge in [-0.15, -0.1) is 11.3 Å². The zero-order chi connectivity index (χ0) is 8.55. The Bertz CT molecular complexity index is 271. The molecule has 2 unspecified atom stereocenters. The third kappa shape index (κ3) is 1.28. The number of rotatable bonds is 1. The lowest BCUT2D eigenvalue weighted by Gasteiger charge is -2.12. The molecule has 0 saturated carbocycles. The summed E-state index contributed by atoms with van der Waals surface area (Å²) in [4.78, 5) is 1.34. The zero-order valence-electron chi connectivity index (χ0n) is 7.08. The molecule has 1 fully saturated rings. The first-order chi connectivity index (χ1) is 5.79. The number of β-amino-alcohol motifs (C(OH)–C–C–N with tert-alkyl or cyclic N) is 1. The van der Waals surface area contributed by atoms with E-state index < -0.39 is 0 Å². The number of nitrogens with one attached hydrogen (secondary N) is 1. The van der Waals surface area contributed by atoms with Crippen molar-refractivity contribution in [1.29, 1.82) is 0 Å². The molecule has 1 aromatic rings. The van der Waals surface area contributed by atoms with Gasteiger partial charge < -0.3 is 10.4 Å². The normalized spacial score (nSPS) is 29.5. The Hall–Kier alpha value is -0.380. The van der Waals surface area contributed by atoms with Crippen molar-refractivity contribution in [3.63, 3.8) is 0 Å². The fraction of sp³-hybridized carbons (Fsp3) is 0.556. The van der Waals surface area contributed by atoms with E-state index in [0.717, 1.165) is 13.1 Å².